The summed E-state index contributed by atoms with van der Waals surface area (Å²) in [6.07, 6.45) is 0. The predicted molar refractivity (Wildman–Crippen MR) is 118 cm³/mol. The first-order chi connectivity index (χ1) is 13.3. The van der Waals surface area contributed by atoms with Crippen LogP contribution in [0.2, 0.25) is 0 Å². The van der Waals surface area contributed by atoms with Gasteiger partial charge in [-0.3, -0.25) is 0 Å². The molecule has 0 spiro atoms. The quantitative estimate of drug-likeness (QED) is 0.347. The van der Waals surface area contributed by atoms with Gasteiger partial charge in [-0.25, -0.2) is 0 Å². The van der Waals surface area contributed by atoms with Gasteiger partial charge in [-0.1, -0.05) is 54.6 Å². The largest absolute Gasteiger partial charge is 0.569 e. The molecule has 6 aromatic rings. The molecule has 1 radical (unpaired) electrons. The summed E-state index contributed by atoms with van der Waals surface area (Å²) in [7, 11) is 0.755. The summed E-state index contributed by atoms with van der Waals surface area (Å²) in [5.74, 6) is 0.680. The van der Waals surface area contributed by atoms with Crippen LogP contribution in [-0.2, 0) is 0 Å². The molecule has 0 aliphatic rings. The van der Waals surface area contributed by atoms with Gasteiger partial charge in [-0.05, 0) is 17.5 Å². The Morgan fingerprint density at radius 1 is 0.667 bits per heavy atom. The van der Waals surface area contributed by atoms with Crippen molar-refractivity contribution >= 4 is 81.5 Å². The fourth-order valence-corrected chi connectivity index (χ4v) is 6.59. The van der Waals surface area contributed by atoms with Crippen molar-refractivity contribution in [3.8, 4) is 5.75 Å². The average Bonchev–Trinajstić information content (AvgIpc) is 3.26. The minimum absolute atomic E-state index is 0.680. The van der Waals surface area contributed by atoms with Gasteiger partial charge in [-0.15, -0.1) is 22.7 Å². The van der Waals surface area contributed by atoms with Gasteiger partial charge in [0, 0.05) is 36.3 Å². The van der Waals surface area contributed by atoms with Gasteiger partial charge in [0.25, 0.3) is 0 Å². The molecule has 2 aromatic heterocycles. The third-order valence-corrected chi connectivity index (χ3v) is 7.64. The summed E-state index contributed by atoms with van der Waals surface area (Å²) in [5.41, 5.74) is 0. The van der Waals surface area contributed by atoms with Crippen LogP contribution in [0.15, 0.2) is 66.7 Å². The Labute approximate surface area is 163 Å². The van der Waals surface area contributed by atoms with Gasteiger partial charge in [0.05, 0.1) is 9.40 Å². The van der Waals surface area contributed by atoms with Crippen molar-refractivity contribution in [2.45, 2.75) is 0 Å². The zero-order valence-electron chi connectivity index (χ0n) is 14.1. The van der Waals surface area contributed by atoms with Crippen molar-refractivity contribution in [1.82, 2.24) is 0 Å². The first kappa shape index (κ1) is 15.5. The predicted octanol–water partition coefficient (Wildman–Crippen LogP) is 6.48. The summed E-state index contributed by atoms with van der Waals surface area (Å²) in [5, 5.41) is 16.5. The fourth-order valence-electron chi connectivity index (χ4n) is 4.00. The molecule has 0 bridgehead atoms. The molecule has 0 atom stereocenters. The molecule has 5 heteroatoms. The number of hydrogen-bond acceptors (Lipinski definition) is 4. The van der Waals surface area contributed by atoms with Crippen molar-refractivity contribution in [1.29, 1.82) is 0 Å². The first-order valence-electron chi connectivity index (χ1n) is 8.66. The van der Waals surface area contributed by atoms with E-state index in [1.165, 1.54) is 40.3 Å². The van der Waals surface area contributed by atoms with Crippen LogP contribution in [0.5, 0.6) is 5.75 Å². The van der Waals surface area contributed by atoms with E-state index in [4.69, 9.17) is 4.65 Å². The lowest BCUT2D eigenvalue weighted by molar-refractivity contribution is 0.457. The molecule has 0 aliphatic heterocycles. The van der Waals surface area contributed by atoms with E-state index in [2.05, 4.69) is 48.5 Å². The lowest BCUT2D eigenvalue weighted by atomic mass is 10.0. The highest BCUT2D eigenvalue weighted by Gasteiger charge is 2.16. The zero-order chi connectivity index (χ0) is 18.0. The van der Waals surface area contributed by atoms with Crippen LogP contribution < -0.4 is 4.65 Å². The second-order valence-electron chi connectivity index (χ2n) is 6.54. The number of rotatable bonds is 2. The van der Waals surface area contributed by atoms with E-state index in [0.29, 0.717) is 5.75 Å². The molecule has 0 amide bonds. The fraction of sp³-hybridized carbons (Fsp3) is 0. The summed E-state index contributed by atoms with van der Waals surface area (Å²) in [6, 6.07) is 23.3. The van der Waals surface area contributed by atoms with Crippen molar-refractivity contribution in [2.24, 2.45) is 0 Å². The zero-order valence-corrected chi connectivity index (χ0v) is 15.7. The van der Waals surface area contributed by atoms with Crippen molar-refractivity contribution < 1.29 is 9.68 Å². The van der Waals surface area contributed by atoms with Crippen LogP contribution in [-0.4, -0.2) is 12.7 Å². The maximum Gasteiger partial charge on any atom is 0.569 e. The second-order valence-corrected chi connectivity index (χ2v) is 8.64. The Bertz CT molecular complexity index is 1500. The summed E-state index contributed by atoms with van der Waals surface area (Å²) in [6.45, 7) is 0. The highest BCUT2D eigenvalue weighted by molar-refractivity contribution is 7.33. The Morgan fingerprint density at radius 2 is 1.33 bits per heavy atom. The number of hydrogen-bond donors (Lipinski definition) is 1. The van der Waals surface area contributed by atoms with E-state index in [0.717, 1.165) is 18.5 Å². The third kappa shape index (κ3) is 2.10. The summed E-state index contributed by atoms with van der Waals surface area (Å²) in [4.78, 5) is 0. The number of fused-ring (bicyclic) bond motifs is 9. The third-order valence-electron chi connectivity index (χ3n) is 5.13. The van der Waals surface area contributed by atoms with E-state index >= 15 is 0 Å². The van der Waals surface area contributed by atoms with Gasteiger partial charge in [0.2, 0.25) is 0 Å². The monoisotopic (exact) mass is 383 g/mol. The molecule has 0 saturated heterocycles. The van der Waals surface area contributed by atoms with Gasteiger partial charge in [-0.2, -0.15) is 0 Å². The van der Waals surface area contributed by atoms with Crippen LogP contribution in [0.4, 0.5) is 0 Å². The Hall–Kier alpha value is -2.60. The van der Waals surface area contributed by atoms with Gasteiger partial charge in [0.1, 0.15) is 5.75 Å². The second kappa shape index (κ2) is 5.70. The Morgan fingerprint density at radius 3 is 2.19 bits per heavy atom. The Balaban J connectivity index is 1.83. The van der Waals surface area contributed by atoms with E-state index in [-0.39, 0.29) is 0 Å². The number of thiophene rings is 2. The van der Waals surface area contributed by atoms with Crippen LogP contribution >= 0.6 is 22.7 Å². The molecule has 0 aliphatic carbocycles. The number of benzene rings is 4. The van der Waals surface area contributed by atoms with Crippen molar-refractivity contribution in [2.75, 3.05) is 0 Å². The maximum atomic E-state index is 9.17. The van der Waals surface area contributed by atoms with E-state index in [1.807, 2.05) is 29.5 Å². The van der Waals surface area contributed by atoms with Gasteiger partial charge in [0.15, 0.2) is 0 Å². The van der Waals surface area contributed by atoms with Crippen LogP contribution in [0.3, 0.4) is 0 Å². The molecule has 2 nitrogen and oxygen atoms in total. The molecule has 0 fully saturated rings. The molecular formula is C22H12BO2S2. The summed E-state index contributed by atoms with van der Waals surface area (Å²) >= 11 is 3.66. The normalized spacial score (nSPS) is 11.9. The Kier molecular flexibility index (Phi) is 3.26. The van der Waals surface area contributed by atoms with Crippen LogP contribution in [0.25, 0.3) is 51.1 Å². The standard InChI is InChI=1S/C22H12BO2S2/c24-23-25-17-11-19-20(14-7-2-1-5-12(14)17)16-10-9-15-13-6-3-4-8-18(13)26-21(15)22(16)27-19/h1-11,24H. The molecule has 4 aromatic carbocycles. The van der Waals surface area contributed by atoms with Gasteiger partial charge >= 0.3 is 7.69 Å². The molecule has 2 heterocycles. The van der Waals surface area contributed by atoms with Crippen LogP contribution in [0, 0.1) is 0 Å². The molecule has 127 valence electrons. The SMILES string of the molecule is O[B]Oc1cc2sc3c(ccc4c5ccccc5sc43)c2c2ccccc12. The molecule has 27 heavy (non-hydrogen) atoms. The molecule has 1 N–H and O–H groups in total. The van der Waals surface area contributed by atoms with E-state index in [1.54, 1.807) is 11.3 Å². The molecule has 0 saturated carbocycles. The van der Waals surface area contributed by atoms with Gasteiger partial charge < -0.3 is 9.68 Å². The molecule has 6 rings (SSSR count). The molecular weight excluding hydrogens is 371 g/mol. The molecule has 0 unspecified atom stereocenters. The smallest absolute Gasteiger partial charge is 0.537 e. The lowest BCUT2D eigenvalue weighted by Gasteiger charge is -2.08. The summed E-state index contributed by atoms with van der Waals surface area (Å²) < 4.78 is 10.6. The minimum Gasteiger partial charge on any atom is -0.537 e. The average molecular weight is 383 g/mol. The topological polar surface area (TPSA) is 29.5 Å². The van der Waals surface area contributed by atoms with E-state index < -0.39 is 0 Å². The minimum atomic E-state index is 0.680. The van der Waals surface area contributed by atoms with E-state index in [9.17, 15) is 5.02 Å². The van der Waals surface area contributed by atoms with Crippen LogP contribution in [0.1, 0.15) is 0 Å². The first-order valence-corrected chi connectivity index (χ1v) is 10.3. The highest BCUT2D eigenvalue weighted by atomic mass is 32.1. The maximum absolute atomic E-state index is 9.17. The lowest BCUT2D eigenvalue weighted by Crippen LogP contribution is -2.00. The highest BCUT2D eigenvalue weighted by Crippen LogP contribution is 2.47. The van der Waals surface area contributed by atoms with Crippen molar-refractivity contribution in [3.05, 3.63) is 66.7 Å². The van der Waals surface area contributed by atoms with Crippen molar-refractivity contribution in [3.63, 3.8) is 0 Å².